The summed E-state index contributed by atoms with van der Waals surface area (Å²) in [7, 11) is 0. The largest absolute Gasteiger partial charge is 0.478 e. The van der Waals surface area contributed by atoms with Crippen LogP contribution in [0.15, 0.2) is 84.9 Å². The molecule has 0 aromatic heterocycles. The number of fused-ring (bicyclic) bond motifs is 2. The number of hydrogen-bond acceptors (Lipinski definition) is 2. The van der Waals surface area contributed by atoms with Crippen molar-refractivity contribution >= 4 is 29.1 Å². The van der Waals surface area contributed by atoms with Crippen molar-refractivity contribution in [2.75, 3.05) is 6.54 Å². The summed E-state index contributed by atoms with van der Waals surface area (Å²) in [5.41, 5.74) is 6.52. The second-order valence-corrected chi connectivity index (χ2v) is 9.69. The van der Waals surface area contributed by atoms with Crippen LogP contribution >= 0.6 is 12.4 Å². The Morgan fingerprint density at radius 2 is 1.74 bits per heavy atom. The smallest absolute Gasteiger partial charge is 0.335 e. The average molecular weight is 486 g/mol. The van der Waals surface area contributed by atoms with E-state index in [0.29, 0.717) is 11.5 Å². The normalized spacial score (nSPS) is 17.9. The molecule has 3 nitrogen and oxygen atoms in total. The van der Waals surface area contributed by atoms with E-state index in [1.54, 1.807) is 6.07 Å². The lowest BCUT2D eigenvalue weighted by Gasteiger charge is -2.33. The van der Waals surface area contributed by atoms with Crippen molar-refractivity contribution in [1.82, 2.24) is 5.32 Å². The standard InChI is InChI=1S/C31H31NO2.ClH/c1-20-14-25(18-26(15-20)31(33)34)30-17-22(16-24-9-4-6-12-29(24)30)19-32-21(2)27-13-7-10-23-8-3-5-11-28(23)27;/h3-15,18,21-22,30,32H,16-17,19H2,1-2H3,(H,33,34);1H/t21-,22?,30?;/m1./s1. The highest BCUT2D eigenvalue weighted by Gasteiger charge is 2.29. The topological polar surface area (TPSA) is 49.3 Å². The molecule has 0 saturated carbocycles. The predicted octanol–water partition coefficient (Wildman–Crippen LogP) is 7.31. The number of hydrogen-bond donors (Lipinski definition) is 2. The first-order chi connectivity index (χ1) is 16.5. The summed E-state index contributed by atoms with van der Waals surface area (Å²) in [6, 6.07) is 29.8. The third-order valence-corrected chi connectivity index (χ3v) is 7.26. The van der Waals surface area contributed by atoms with E-state index in [-0.39, 0.29) is 24.4 Å². The van der Waals surface area contributed by atoms with E-state index in [4.69, 9.17) is 0 Å². The maximum atomic E-state index is 11.7. The number of nitrogens with one attached hydrogen (secondary N) is 1. The van der Waals surface area contributed by atoms with Crippen molar-refractivity contribution in [3.05, 3.63) is 118 Å². The molecule has 0 saturated heterocycles. The molecule has 0 fully saturated rings. The van der Waals surface area contributed by atoms with Gasteiger partial charge in [0.2, 0.25) is 0 Å². The fourth-order valence-corrected chi connectivity index (χ4v) is 5.60. The molecule has 35 heavy (non-hydrogen) atoms. The highest BCUT2D eigenvalue weighted by molar-refractivity contribution is 5.88. The van der Waals surface area contributed by atoms with Gasteiger partial charge in [-0.25, -0.2) is 4.79 Å². The summed E-state index contributed by atoms with van der Waals surface area (Å²) in [6.07, 6.45) is 2.05. The number of rotatable bonds is 6. The van der Waals surface area contributed by atoms with Crippen LogP contribution in [0, 0.1) is 12.8 Å². The molecule has 4 aromatic carbocycles. The van der Waals surface area contributed by atoms with Crippen LogP contribution in [0.1, 0.15) is 63.5 Å². The number of aromatic carboxylic acids is 1. The van der Waals surface area contributed by atoms with E-state index in [1.807, 2.05) is 13.0 Å². The van der Waals surface area contributed by atoms with Gasteiger partial charge in [0.1, 0.15) is 0 Å². The van der Waals surface area contributed by atoms with E-state index in [1.165, 1.54) is 27.5 Å². The maximum Gasteiger partial charge on any atom is 0.335 e. The Labute approximate surface area is 213 Å². The molecule has 0 heterocycles. The summed E-state index contributed by atoms with van der Waals surface area (Å²) < 4.78 is 0. The van der Waals surface area contributed by atoms with Gasteiger partial charge >= 0.3 is 5.97 Å². The van der Waals surface area contributed by atoms with Crippen molar-refractivity contribution in [2.45, 2.75) is 38.6 Å². The first kappa shape index (κ1) is 25.0. The zero-order chi connectivity index (χ0) is 23.7. The van der Waals surface area contributed by atoms with Crippen molar-refractivity contribution in [1.29, 1.82) is 0 Å². The Morgan fingerprint density at radius 1 is 1.00 bits per heavy atom. The Morgan fingerprint density at radius 3 is 2.57 bits per heavy atom. The quantitative estimate of drug-likeness (QED) is 0.301. The summed E-state index contributed by atoms with van der Waals surface area (Å²) in [5, 5.41) is 16.0. The molecule has 0 radical (unpaired) electrons. The molecule has 180 valence electrons. The van der Waals surface area contributed by atoms with Gasteiger partial charge in [-0.05, 0) is 89.9 Å². The Kier molecular flexibility index (Phi) is 7.59. The Hall–Kier alpha value is -3.14. The number of aryl methyl sites for hydroxylation is 1. The molecule has 2 N–H and O–H groups in total. The fourth-order valence-electron chi connectivity index (χ4n) is 5.60. The van der Waals surface area contributed by atoms with Crippen molar-refractivity contribution in [3.8, 4) is 0 Å². The summed E-state index contributed by atoms with van der Waals surface area (Å²) in [4.78, 5) is 11.7. The number of carboxylic acid groups (broad SMARTS) is 1. The van der Waals surface area contributed by atoms with Gasteiger partial charge in [0.05, 0.1) is 5.56 Å². The lowest BCUT2D eigenvalue weighted by atomic mass is 9.73. The average Bonchev–Trinajstić information content (AvgIpc) is 2.86. The number of carboxylic acids is 1. The monoisotopic (exact) mass is 485 g/mol. The summed E-state index contributed by atoms with van der Waals surface area (Å²) in [5.74, 6) is -0.176. The van der Waals surface area contributed by atoms with Gasteiger partial charge in [0, 0.05) is 12.0 Å². The minimum Gasteiger partial charge on any atom is -0.478 e. The van der Waals surface area contributed by atoms with Crippen LogP contribution in [-0.4, -0.2) is 17.6 Å². The lowest BCUT2D eigenvalue weighted by Crippen LogP contribution is -2.31. The van der Waals surface area contributed by atoms with E-state index in [9.17, 15) is 9.90 Å². The van der Waals surface area contributed by atoms with Crippen LogP contribution in [-0.2, 0) is 6.42 Å². The second-order valence-electron chi connectivity index (χ2n) is 9.69. The van der Waals surface area contributed by atoms with Gasteiger partial charge < -0.3 is 10.4 Å². The molecule has 0 aliphatic heterocycles. The minimum atomic E-state index is -0.865. The van der Waals surface area contributed by atoms with Gasteiger partial charge in [-0.1, -0.05) is 72.8 Å². The fraction of sp³-hybridized carbons (Fsp3) is 0.258. The Bertz CT molecular complexity index is 1340. The highest BCUT2D eigenvalue weighted by Crippen LogP contribution is 2.40. The molecule has 0 amide bonds. The van der Waals surface area contributed by atoms with Crippen LogP contribution < -0.4 is 5.32 Å². The van der Waals surface area contributed by atoms with E-state index < -0.39 is 5.97 Å². The van der Waals surface area contributed by atoms with Crippen molar-refractivity contribution in [2.24, 2.45) is 5.92 Å². The van der Waals surface area contributed by atoms with Crippen LogP contribution in [0.25, 0.3) is 10.8 Å². The summed E-state index contributed by atoms with van der Waals surface area (Å²) in [6.45, 7) is 5.15. The molecule has 4 heteroatoms. The molecule has 3 atom stereocenters. The van der Waals surface area contributed by atoms with Gasteiger partial charge in [-0.15, -0.1) is 12.4 Å². The molecule has 0 spiro atoms. The maximum absolute atomic E-state index is 11.7. The van der Waals surface area contributed by atoms with E-state index in [0.717, 1.165) is 30.5 Å². The predicted molar refractivity (Wildman–Crippen MR) is 146 cm³/mol. The zero-order valence-corrected chi connectivity index (χ0v) is 21.0. The third-order valence-electron chi connectivity index (χ3n) is 7.26. The van der Waals surface area contributed by atoms with E-state index in [2.05, 4.69) is 85.0 Å². The summed E-state index contributed by atoms with van der Waals surface area (Å²) >= 11 is 0. The molecule has 4 aromatic rings. The lowest BCUT2D eigenvalue weighted by molar-refractivity contribution is 0.0696. The SMILES string of the molecule is Cc1cc(C(=O)O)cc(C2CC(CN[C@H](C)c3cccc4ccccc34)Cc3ccccc32)c1.Cl. The van der Waals surface area contributed by atoms with Gasteiger partial charge in [0.15, 0.2) is 0 Å². The van der Waals surface area contributed by atoms with E-state index >= 15 is 0 Å². The van der Waals surface area contributed by atoms with Gasteiger partial charge in [0.25, 0.3) is 0 Å². The number of carbonyl (C=O) groups is 1. The first-order valence-corrected chi connectivity index (χ1v) is 12.1. The molecule has 2 unspecified atom stereocenters. The van der Waals surface area contributed by atoms with Crippen LogP contribution in [0.2, 0.25) is 0 Å². The molecule has 5 rings (SSSR count). The Balaban J connectivity index is 0.00000289. The molecular formula is C31H32ClNO2. The molecular weight excluding hydrogens is 454 g/mol. The molecule has 1 aliphatic carbocycles. The second kappa shape index (κ2) is 10.6. The first-order valence-electron chi connectivity index (χ1n) is 12.1. The van der Waals surface area contributed by atoms with Crippen LogP contribution in [0.3, 0.4) is 0 Å². The zero-order valence-electron chi connectivity index (χ0n) is 20.2. The molecule has 1 aliphatic rings. The third kappa shape index (κ3) is 5.27. The highest BCUT2D eigenvalue weighted by atomic mass is 35.5. The van der Waals surface area contributed by atoms with Crippen molar-refractivity contribution < 1.29 is 9.90 Å². The van der Waals surface area contributed by atoms with Gasteiger partial charge in [-0.3, -0.25) is 0 Å². The molecule has 0 bridgehead atoms. The van der Waals surface area contributed by atoms with Crippen LogP contribution in [0.4, 0.5) is 0 Å². The number of halogens is 1. The van der Waals surface area contributed by atoms with Gasteiger partial charge in [-0.2, -0.15) is 0 Å². The van der Waals surface area contributed by atoms with Crippen molar-refractivity contribution in [3.63, 3.8) is 0 Å². The van der Waals surface area contributed by atoms with Crippen LogP contribution in [0.5, 0.6) is 0 Å². The minimum absolute atomic E-state index is 0. The number of benzene rings is 4.